The van der Waals surface area contributed by atoms with Crippen LogP contribution in [0.1, 0.15) is 17.2 Å². The standard InChI is InChI=1S/C18H22NO3S.CH4O3S/c1-19(13-17(14-19)22-23(2,20)21)18(15-9-5-3-6-10-15)16-11-7-4-8-12-16;1-5(2,3)4/h3-12,17-18H,13-14H2,1-2H3;1H3,(H,2,3,4)/q+1;/p-1. The van der Waals surface area contributed by atoms with Crippen LogP contribution in [0.2, 0.25) is 0 Å². The largest absolute Gasteiger partial charge is 0.748 e. The van der Waals surface area contributed by atoms with Crippen molar-refractivity contribution < 1.29 is 30.1 Å². The maximum atomic E-state index is 11.3. The van der Waals surface area contributed by atoms with Gasteiger partial charge in [0, 0.05) is 17.4 Å². The van der Waals surface area contributed by atoms with Crippen LogP contribution in [0.4, 0.5) is 0 Å². The summed E-state index contributed by atoms with van der Waals surface area (Å²) in [6, 6.07) is 20.9. The van der Waals surface area contributed by atoms with Crippen molar-refractivity contribution in [1.82, 2.24) is 0 Å². The first kappa shape index (κ1) is 22.5. The van der Waals surface area contributed by atoms with Gasteiger partial charge in [-0.05, 0) is 0 Å². The third-order valence-electron chi connectivity index (χ3n) is 4.41. The molecule has 0 aliphatic carbocycles. The topological polar surface area (TPSA) is 101 Å². The molecule has 3 rings (SSSR count). The molecule has 7 nitrogen and oxygen atoms in total. The zero-order chi connectivity index (χ0) is 21.0. The number of likely N-dealkylation sites (tertiary alicyclic amines) is 1. The molecule has 2 aromatic carbocycles. The second kappa shape index (κ2) is 8.71. The van der Waals surface area contributed by atoms with E-state index in [9.17, 15) is 8.42 Å². The molecule has 0 unspecified atom stereocenters. The maximum absolute atomic E-state index is 11.3. The first-order chi connectivity index (χ1) is 12.9. The van der Waals surface area contributed by atoms with Gasteiger partial charge >= 0.3 is 0 Å². The van der Waals surface area contributed by atoms with Gasteiger partial charge in [-0.15, -0.1) is 0 Å². The van der Waals surface area contributed by atoms with E-state index < -0.39 is 20.2 Å². The van der Waals surface area contributed by atoms with E-state index >= 15 is 0 Å². The Hall–Kier alpha value is -1.78. The summed E-state index contributed by atoms with van der Waals surface area (Å²) >= 11 is 0. The molecule has 28 heavy (non-hydrogen) atoms. The van der Waals surface area contributed by atoms with Crippen LogP contribution in [0.3, 0.4) is 0 Å². The van der Waals surface area contributed by atoms with Gasteiger partial charge in [0.25, 0.3) is 10.1 Å². The number of nitrogens with zero attached hydrogens (tertiary/aromatic N) is 1. The van der Waals surface area contributed by atoms with E-state index in [1.54, 1.807) is 0 Å². The summed E-state index contributed by atoms with van der Waals surface area (Å²) in [6.45, 7) is 1.36. The molecule has 1 aliphatic heterocycles. The Morgan fingerprint density at radius 2 is 1.25 bits per heavy atom. The minimum absolute atomic E-state index is 0.178. The fourth-order valence-corrected chi connectivity index (χ4v) is 4.19. The van der Waals surface area contributed by atoms with E-state index in [1.807, 2.05) is 36.4 Å². The Labute approximate surface area is 167 Å². The van der Waals surface area contributed by atoms with Crippen molar-refractivity contribution in [3.05, 3.63) is 71.8 Å². The van der Waals surface area contributed by atoms with Crippen molar-refractivity contribution in [2.75, 3.05) is 32.6 Å². The summed E-state index contributed by atoms with van der Waals surface area (Å²) in [5.74, 6) is 0. The van der Waals surface area contributed by atoms with Gasteiger partial charge in [0.2, 0.25) is 0 Å². The van der Waals surface area contributed by atoms with Gasteiger partial charge in [-0.1, -0.05) is 60.7 Å². The van der Waals surface area contributed by atoms with Crippen molar-refractivity contribution in [3.63, 3.8) is 0 Å². The van der Waals surface area contributed by atoms with E-state index in [2.05, 4.69) is 31.3 Å². The Morgan fingerprint density at radius 1 is 0.893 bits per heavy atom. The molecule has 1 saturated heterocycles. The molecular formula is C19H25NO6S2. The smallest absolute Gasteiger partial charge is 0.265 e. The third kappa shape index (κ3) is 6.99. The van der Waals surface area contributed by atoms with Crippen molar-refractivity contribution in [2.45, 2.75) is 12.1 Å². The summed E-state index contributed by atoms with van der Waals surface area (Å²) in [4.78, 5) is 0. The molecular weight excluding hydrogens is 402 g/mol. The fourth-order valence-electron chi connectivity index (χ4n) is 3.58. The molecule has 0 radical (unpaired) electrons. The van der Waals surface area contributed by atoms with Crippen molar-refractivity contribution in [1.29, 1.82) is 0 Å². The Morgan fingerprint density at radius 3 is 1.57 bits per heavy atom. The second-order valence-electron chi connectivity index (χ2n) is 7.19. The fraction of sp³-hybridized carbons (Fsp3) is 0.368. The monoisotopic (exact) mass is 427 g/mol. The predicted octanol–water partition coefficient (Wildman–Crippen LogP) is 1.74. The summed E-state index contributed by atoms with van der Waals surface area (Å²) in [7, 11) is -5.16. The molecule has 1 heterocycles. The Balaban J connectivity index is 0.000000500. The molecule has 0 aromatic heterocycles. The number of hydrogen-bond donors (Lipinski definition) is 0. The van der Waals surface area contributed by atoms with Gasteiger partial charge in [0.15, 0.2) is 6.10 Å². The molecule has 0 bridgehead atoms. The van der Waals surface area contributed by atoms with Crippen LogP contribution in [-0.2, 0) is 24.4 Å². The van der Waals surface area contributed by atoms with E-state index in [4.69, 9.17) is 17.2 Å². The van der Waals surface area contributed by atoms with Crippen LogP contribution in [0.25, 0.3) is 0 Å². The van der Waals surface area contributed by atoms with Gasteiger partial charge in [-0.2, -0.15) is 8.42 Å². The summed E-state index contributed by atoms with van der Waals surface area (Å²) in [5.41, 5.74) is 2.47. The van der Waals surface area contributed by atoms with Gasteiger partial charge in [0.05, 0.1) is 23.4 Å². The molecule has 2 aromatic rings. The molecule has 1 fully saturated rings. The lowest BCUT2D eigenvalue weighted by Crippen LogP contribution is -2.66. The van der Waals surface area contributed by atoms with E-state index in [1.165, 1.54) is 11.1 Å². The molecule has 0 saturated carbocycles. The summed E-state index contributed by atoms with van der Waals surface area (Å²) < 4.78 is 55.8. The van der Waals surface area contributed by atoms with Gasteiger partial charge in [-0.3, -0.25) is 4.18 Å². The van der Waals surface area contributed by atoms with Crippen LogP contribution in [0.15, 0.2) is 60.7 Å². The molecule has 0 spiro atoms. The van der Waals surface area contributed by atoms with Gasteiger partial charge in [-0.25, -0.2) is 8.42 Å². The first-order valence-electron chi connectivity index (χ1n) is 8.61. The molecule has 0 N–H and O–H groups in total. The highest BCUT2D eigenvalue weighted by Gasteiger charge is 2.49. The third-order valence-corrected chi connectivity index (χ3v) is 5.03. The van der Waals surface area contributed by atoms with Crippen molar-refractivity contribution >= 4 is 20.2 Å². The lowest BCUT2D eigenvalue weighted by Gasteiger charge is -2.51. The zero-order valence-corrected chi connectivity index (χ0v) is 17.7. The van der Waals surface area contributed by atoms with Crippen molar-refractivity contribution in [2.24, 2.45) is 0 Å². The number of likely N-dealkylation sites (N-methyl/N-ethyl adjacent to an activating group) is 1. The van der Waals surface area contributed by atoms with Gasteiger partial charge < -0.3 is 9.04 Å². The Bertz CT molecular complexity index is 922. The maximum Gasteiger partial charge on any atom is 0.265 e. The zero-order valence-electron chi connectivity index (χ0n) is 16.1. The first-order valence-corrected chi connectivity index (χ1v) is 12.2. The summed E-state index contributed by atoms with van der Waals surface area (Å²) in [6.07, 6.45) is 1.49. The van der Waals surface area contributed by atoms with E-state index in [0.29, 0.717) is 19.3 Å². The normalized spacial score (nSPS) is 22.1. The molecule has 1 aliphatic rings. The summed E-state index contributed by atoms with van der Waals surface area (Å²) in [5, 5.41) is 0. The molecule has 154 valence electrons. The average Bonchev–Trinajstić information content (AvgIpc) is 2.53. The minimum Gasteiger partial charge on any atom is -0.748 e. The highest BCUT2D eigenvalue weighted by atomic mass is 32.2. The molecule has 0 atom stereocenters. The predicted molar refractivity (Wildman–Crippen MR) is 106 cm³/mol. The van der Waals surface area contributed by atoms with E-state index in [0.717, 1.165) is 10.7 Å². The Kier molecular flexibility index (Phi) is 7.00. The van der Waals surface area contributed by atoms with Crippen LogP contribution in [0.5, 0.6) is 0 Å². The average molecular weight is 428 g/mol. The number of rotatable bonds is 5. The highest BCUT2D eigenvalue weighted by Crippen LogP contribution is 2.39. The van der Waals surface area contributed by atoms with Crippen molar-refractivity contribution in [3.8, 4) is 0 Å². The van der Waals surface area contributed by atoms with Crippen LogP contribution < -0.4 is 0 Å². The van der Waals surface area contributed by atoms with E-state index in [-0.39, 0.29) is 12.1 Å². The lowest BCUT2D eigenvalue weighted by molar-refractivity contribution is -0.976. The van der Waals surface area contributed by atoms with Crippen LogP contribution >= 0.6 is 0 Å². The van der Waals surface area contributed by atoms with Crippen LogP contribution in [0, 0.1) is 0 Å². The van der Waals surface area contributed by atoms with Gasteiger partial charge in [0.1, 0.15) is 19.1 Å². The SMILES string of the molecule is CS(=O)(=O)[O-].C[N+]1(C(c2ccccc2)c2ccccc2)CC(OS(C)(=O)=O)C1. The minimum atomic E-state index is -3.92. The molecule has 0 amide bonds. The lowest BCUT2D eigenvalue weighted by atomic mass is 9.91. The van der Waals surface area contributed by atoms with Crippen LogP contribution in [-0.4, -0.2) is 64.6 Å². The highest BCUT2D eigenvalue weighted by molar-refractivity contribution is 7.86. The second-order valence-corrected chi connectivity index (χ2v) is 10.2. The number of benzene rings is 2. The quantitative estimate of drug-likeness (QED) is 0.409. The molecule has 9 heteroatoms. The number of quaternary nitrogens is 1. The number of hydrogen-bond acceptors (Lipinski definition) is 6.